The molecule has 9 heteroatoms. The summed E-state index contributed by atoms with van der Waals surface area (Å²) in [4.78, 5) is 3.99. The van der Waals surface area contributed by atoms with Gasteiger partial charge in [-0.15, -0.1) is 12.4 Å². The molecule has 4 rings (SSSR count). The average Bonchev–Trinajstić information content (AvgIpc) is 2.76. The molecular formula is C22H20ClFN4O3. The number of phenolic OH excluding ortho intramolecular Hbond substituents is 1. The maximum atomic E-state index is 14.3. The Balaban J connectivity index is 0.00000272. The molecular weight excluding hydrogens is 423 g/mol. The SMILES string of the molecule is COc1cc2c(Nc3cc(O)c(C)cc3F)cnnc2cc1OCc1ccncc1.Cl. The Kier molecular flexibility index (Phi) is 6.71. The third kappa shape index (κ3) is 4.75. The topological polar surface area (TPSA) is 89.4 Å². The first-order chi connectivity index (χ1) is 14.5. The number of halogens is 2. The highest BCUT2D eigenvalue weighted by molar-refractivity contribution is 5.94. The number of pyridine rings is 1. The molecule has 0 saturated carbocycles. The van der Waals surface area contributed by atoms with Crippen LogP contribution in [0.1, 0.15) is 11.1 Å². The molecule has 0 aliphatic carbocycles. The van der Waals surface area contributed by atoms with Gasteiger partial charge in [0, 0.05) is 29.9 Å². The van der Waals surface area contributed by atoms with E-state index >= 15 is 0 Å². The third-order valence-corrected chi connectivity index (χ3v) is 4.62. The second kappa shape index (κ2) is 9.44. The molecule has 0 aliphatic heterocycles. The molecule has 0 bridgehead atoms. The molecule has 0 amide bonds. The number of benzene rings is 2. The minimum absolute atomic E-state index is 0. The quantitative estimate of drug-likeness (QED) is 0.437. The van der Waals surface area contributed by atoms with Crippen molar-refractivity contribution in [2.24, 2.45) is 0 Å². The van der Waals surface area contributed by atoms with Crippen LogP contribution in [-0.4, -0.2) is 27.4 Å². The number of fused-ring (bicyclic) bond motifs is 1. The van der Waals surface area contributed by atoms with Crippen LogP contribution in [0.15, 0.2) is 55.0 Å². The number of aromatic hydroxyl groups is 1. The lowest BCUT2D eigenvalue weighted by molar-refractivity contribution is 0.285. The standard InChI is InChI=1S/C22H19FN4O3.ClH/c1-13-7-16(23)18(9-20(13)28)26-19-11-25-27-17-10-22(21(29-2)8-15(17)19)30-12-14-3-5-24-6-4-14;/h3-11,28H,12H2,1-2H3,(H,26,27);1H. The van der Waals surface area contributed by atoms with Gasteiger partial charge in [0.1, 0.15) is 18.2 Å². The van der Waals surface area contributed by atoms with Gasteiger partial charge in [-0.25, -0.2) is 4.39 Å². The number of aromatic nitrogens is 3. The molecule has 4 aromatic rings. The molecule has 2 heterocycles. The Morgan fingerprint density at radius 2 is 1.84 bits per heavy atom. The Morgan fingerprint density at radius 3 is 2.58 bits per heavy atom. The van der Waals surface area contributed by atoms with Crippen molar-refractivity contribution in [2.75, 3.05) is 12.4 Å². The van der Waals surface area contributed by atoms with E-state index in [1.54, 1.807) is 38.6 Å². The number of ether oxygens (including phenoxy) is 2. The van der Waals surface area contributed by atoms with Crippen molar-refractivity contribution in [3.05, 3.63) is 71.9 Å². The van der Waals surface area contributed by atoms with Crippen LogP contribution in [-0.2, 0) is 6.61 Å². The summed E-state index contributed by atoms with van der Waals surface area (Å²) in [6.45, 7) is 1.97. The van der Waals surface area contributed by atoms with Gasteiger partial charge < -0.3 is 19.9 Å². The predicted molar refractivity (Wildman–Crippen MR) is 118 cm³/mol. The largest absolute Gasteiger partial charge is 0.508 e. The number of hydrogen-bond acceptors (Lipinski definition) is 7. The van der Waals surface area contributed by atoms with Crippen LogP contribution >= 0.6 is 12.4 Å². The lowest BCUT2D eigenvalue weighted by Gasteiger charge is -2.14. The fourth-order valence-electron chi connectivity index (χ4n) is 2.98. The van der Waals surface area contributed by atoms with Crippen LogP contribution in [0.25, 0.3) is 10.9 Å². The fourth-order valence-corrected chi connectivity index (χ4v) is 2.98. The van der Waals surface area contributed by atoms with Crippen LogP contribution in [0.2, 0.25) is 0 Å². The lowest BCUT2D eigenvalue weighted by Crippen LogP contribution is -2.01. The highest BCUT2D eigenvalue weighted by Gasteiger charge is 2.14. The minimum atomic E-state index is -0.487. The Hall–Kier alpha value is -3.65. The molecule has 0 saturated heterocycles. The Bertz CT molecular complexity index is 1210. The van der Waals surface area contributed by atoms with E-state index in [0.29, 0.717) is 40.3 Å². The molecule has 0 aliphatic rings. The number of anilines is 2. The number of aryl methyl sites for hydroxylation is 1. The van der Waals surface area contributed by atoms with Crippen LogP contribution in [0, 0.1) is 12.7 Å². The van der Waals surface area contributed by atoms with Crippen molar-refractivity contribution in [1.29, 1.82) is 0 Å². The highest BCUT2D eigenvalue weighted by Crippen LogP contribution is 2.36. The van der Waals surface area contributed by atoms with Crippen molar-refractivity contribution < 1.29 is 19.0 Å². The van der Waals surface area contributed by atoms with Crippen molar-refractivity contribution in [2.45, 2.75) is 13.5 Å². The first-order valence-corrected chi connectivity index (χ1v) is 9.16. The number of methoxy groups -OCH3 is 1. The van der Waals surface area contributed by atoms with Gasteiger partial charge in [0.05, 0.1) is 30.2 Å². The molecule has 0 atom stereocenters. The lowest BCUT2D eigenvalue weighted by atomic mass is 10.1. The number of nitrogens with one attached hydrogen (secondary N) is 1. The van der Waals surface area contributed by atoms with Gasteiger partial charge in [-0.05, 0) is 42.3 Å². The van der Waals surface area contributed by atoms with Gasteiger partial charge in [0.2, 0.25) is 0 Å². The highest BCUT2D eigenvalue weighted by atomic mass is 35.5. The van der Waals surface area contributed by atoms with E-state index < -0.39 is 5.82 Å². The average molecular weight is 443 g/mol. The van der Waals surface area contributed by atoms with E-state index in [-0.39, 0.29) is 23.8 Å². The molecule has 0 unspecified atom stereocenters. The smallest absolute Gasteiger partial charge is 0.163 e. The zero-order valence-corrected chi connectivity index (χ0v) is 17.6. The summed E-state index contributed by atoms with van der Waals surface area (Å²) in [5.74, 6) is 0.515. The van der Waals surface area contributed by atoms with Gasteiger partial charge in [-0.1, -0.05) is 0 Å². The van der Waals surface area contributed by atoms with Gasteiger partial charge in [0.25, 0.3) is 0 Å². The van der Waals surface area contributed by atoms with Gasteiger partial charge in [0.15, 0.2) is 11.5 Å². The van der Waals surface area contributed by atoms with Crippen LogP contribution < -0.4 is 14.8 Å². The molecule has 0 radical (unpaired) electrons. The summed E-state index contributed by atoms with van der Waals surface area (Å²) in [7, 11) is 1.54. The van der Waals surface area contributed by atoms with Crippen LogP contribution in [0.3, 0.4) is 0 Å². The normalized spacial score (nSPS) is 10.4. The van der Waals surface area contributed by atoms with E-state index in [2.05, 4.69) is 20.5 Å². The Labute approximate surface area is 184 Å². The molecule has 7 nitrogen and oxygen atoms in total. The van der Waals surface area contributed by atoms with Crippen LogP contribution in [0.5, 0.6) is 17.2 Å². The summed E-state index contributed by atoms with van der Waals surface area (Å²) in [6.07, 6.45) is 4.87. The van der Waals surface area contributed by atoms with Gasteiger partial charge in [-0.2, -0.15) is 10.2 Å². The molecule has 2 aromatic carbocycles. The molecule has 0 spiro atoms. The van der Waals surface area contributed by atoms with E-state index in [0.717, 1.165) is 5.56 Å². The summed E-state index contributed by atoms with van der Waals surface area (Å²) in [5.41, 5.74) is 2.60. The summed E-state index contributed by atoms with van der Waals surface area (Å²) in [5, 5.41) is 21.7. The van der Waals surface area contributed by atoms with E-state index in [1.807, 2.05) is 12.1 Å². The van der Waals surface area contributed by atoms with Gasteiger partial charge in [-0.3, -0.25) is 4.98 Å². The number of hydrogen-bond donors (Lipinski definition) is 2. The van der Waals surface area contributed by atoms with Gasteiger partial charge >= 0.3 is 0 Å². The van der Waals surface area contributed by atoms with E-state index in [1.165, 1.54) is 18.3 Å². The first-order valence-electron chi connectivity index (χ1n) is 9.16. The summed E-state index contributed by atoms with van der Waals surface area (Å²) in [6, 6.07) is 9.79. The van der Waals surface area contributed by atoms with E-state index in [9.17, 15) is 9.50 Å². The number of phenols is 1. The van der Waals surface area contributed by atoms with Crippen molar-refractivity contribution in [1.82, 2.24) is 15.2 Å². The van der Waals surface area contributed by atoms with Crippen LogP contribution in [0.4, 0.5) is 15.8 Å². The monoisotopic (exact) mass is 442 g/mol. The first kappa shape index (κ1) is 22.0. The Morgan fingerprint density at radius 1 is 1.06 bits per heavy atom. The zero-order valence-electron chi connectivity index (χ0n) is 16.8. The molecule has 2 N–H and O–H groups in total. The number of rotatable bonds is 6. The molecule has 0 fully saturated rings. The second-order valence-corrected chi connectivity index (χ2v) is 6.67. The van der Waals surface area contributed by atoms with Crippen molar-refractivity contribution >= 4 is 34.7 Å². The van der Waals surface area contributed by atoms with Crippen molar-refractivity contribution in [3.63, 3.8) is 0 Å². The fraction of sp³-hybridized carbons (Fsp3) is 0.136. The maximum absolute atomic E-state index is 14.3. The molecule has 2 aromatic heterocycles. The summed E-state index contributed by atoms with van der Waals surface area (Å²) >= 11 is 0. The number of nitrogens with zero attached hydrogens (tertiary/aromatic N) is 3. The predicted octanol–water partition coefficient (Wildman–Crippen LogP) is 4.93. The molecule has 160 valence electrons. The van der Waals surface area contributed by atoms with Crippen molar-refractivity contribution in [3.8, 4) is 17.2 Å². The molecule has 31 heavy (non-hydrogen) atoms. The minimum Gasteiger partial charge on any atom is -0.508 e. The maximum Gasteiger partial charge on any atom is 0.163 e. The van der Waals surface area contributed by atoms with E-state index in [4.69, 9.17) is 9.47 Å². The third-order valence-electron chi connectivity index (χ3n) is 4.62. The summed E-state index contributed by atoms with van der Waals surface area (Å²) < 4.78 is 25.7. The zero-order chi connectivity index (χ0) is 21.1. The second-order valence-electron chi connectivity index (χ2n) is 6.67.